The maximum atomic E-state index is 13.8. The van der Waals surface area contributed by atoms with Gasteiger partial charge in [0.05, 0.1) is 22.7 Å². The summed E-state index contributed by atoms with van der Waals surface area (Å²) >= 11 is 5.68. The average Bonchev–Trinajstić information content (AvgIpc) is 2.47. The molecule has 1 aromatic carbocycles. The van der Waals surface area contributed by atoms with Gasteiger partial charge in [0.25, 0.3) is 5.91 Å². The highest BCUT2D eigenvalue weighted by molar-refractivity contribution is 6.31. The lowest BCUT2D eigenvalue weighted by molar-refractivity contribution is -0.117. The van der Waals surface area contributed by atoms with Gasteiger partial charge in [-0.1, -0.05) is 17.7 Å². The highest BCUT2D eigenvalue weighted by atomic mass is 35.5. The quantitative estimate of drug-likeness (QED) is 0.874. The molecule has 4 atom stereocenters. The molecule has 1 amide bonds. The van der Waals surface area contributed by atoms with Gasteiger partial charge in [-0.15, -0.1) is 0 Å². The van der Waals surface area contributed by atoms with Crippen LogP contribution < -0.4 is 11.1 Å². The van der Waals surface area contributed by atoms with Crippen molar-refractivity contribution in [2.45, 2.75) is 31.0 Å². The largest absolute Gasteiger partial charge is 0.376 e. The third kappa shape index (κ3) is 2.20. The molecule has 2 aliphatic rings. The summed E-state index contributed by atoms with van der Waals surface area (Å²) in [5.41, 5.74) is 5.99. The van der Waals surface area contributed by atoms with E-state index in [0.717, 1.165) is 12.8 Å². The van der Waals surface area contributed by atoms with Gasteiger partial charge in [-0.3, -0.25) is 4.79 Å². The molecular formula is C14H16ClFN2O2. The van der Waals surface area contributed by atoms with Gasteiger partial charge in [-0.05, 0) is 25.0 Å². The number of rotatable bonds is 2. The maximum absolute atomic E-state index is 13.8. The highest BCUT2D eigenvalue weighted by Crippen LogP contribution is 2.37. The number of hydrogen-bond donors (Lipinski definition) is 2. The summed E-state index contributed by atoms with van der Waals surface area (Å²) in [6.45, 7) is 0.686. The Morgan fingerprint density at radius 1 is 1.50 bits per heavy atom. The molecule has 0 aromatic heterocycles. The van der Waals surface area contributed by atoms with E-state index in [1.165, 1.54) is 12.1 Å². The number of ether oxygens (including phenoxy) is 1. The minimum atomic E-state index is -0.708. The molecule has 0 spiro atoms. The summed E-state index contributed by atoms with van der Waals surface area (Å²) in [5, 5.41) is 2.69. The van der Waals surface area contributed by atoms with Crippen LogP contribution in [0.4, 0.5) is 4.39 Å². The molecule has 0 radical (unpaired) electrons. The molecule has 3 N–H and O–H groups in total. The second-order valence-electron chi connectivity index (χ2n) is 5.32. The molecule has 4 nitrogen and oxygen atoms in total. The minimum Gasteiger partial charge on any atom is -0.376 e. The fourth-order valence-electron chi connectivity index (χ4n) is 3.03. The van der Waals surface area contributed by atoms with E-state index in [1.54, 1.807) is 6.07 Å². The van der Waals surface area contributed by atoms with Crippen molar-refractivity contribution in [3.05, 3.63) is 34.6 Å². The molecule has 1 saturated heterocycles. The Labute approximate surface area is 121 Å². The highest BCUT2D eigenvalue weighted by Gasteiger charge is 2.51. The predicted molar refractivity (Wildman–Crippen MR) is 73.1 cm³/mol. The Hall–Kier alpha value is -1.17. The van der Waals surface area contributed by atoms with Gasteiger partial charge in [-0.25, -0.2) is 4.39 Å². The summed E-state index contributed by atoms with van der Waals surface area (Å²) in [7, 11) is 0. The van der Waals surface area contributed by atoms with Gasteiger partial charge in [0, 0.05) is 18.6 Å². The van der Waals surface area contributed by atoms with E-state index in [0.29, 0.717) is 12.5 Å². The molecule has 0 bridgehead atoms. The molecule has 108 valence electrons. The lowest BCUT2D eigenvalue weighted by Gasteiger charge is -2.52. The molecule has 1 aliphatic heterocycles. The first-order valence-electron chi connectivity index (χ1n) is 6.71. The van der Waals surface area contributed by atoms with Crippen LogP contribution in [0.15, 0.2) is 18.2 Å². The second kappa shape index (κ2) is 5.31. The molecule has 1 aliphatic carbocycles. The number of hydrogen-bond acceptors (Lipinski definition) is 3. The summed E-state index contributed by atoms with van der Waals surface area (Å²) in [6, 6.07) is 3.96. The monoisotopic (exact) mass is 298 g/mol. The lowest BCUT2D eigenvalue weighted by atomic mass is 9.68. The zero-order chi connectivity index (χ0) is 14.3. The molecule has 1 aromatic rings. The Morgan fingerprint density at radius 2 is 2.30 bits per heavy atom. The Kier molecular flexibility index (Phi) is 3.67. The van der Waals surface area contributed by atoms with Crippen molar-refractivity contribution in [3.63, 3.8) is 0 Å². The standard InChI is InChI=1S/C14H16ClFN2O2/c15-9-5-1-3-7(10(9)16)14(19)18-12-11(17)8-4-2-6-20-13(8)12/h1,3,5,8,11-13H,2,4,6,17H2,(H,18,19). The molecule has 20 heavy (non-hydrogen) atoms. The van der Waals surface area contributed by atoms with Crippen molar-refractivity contribution in [3.8, 4) is 0 Å². The van der Waals surface area contributed by atoms with E-state index in [2.05, 4.69) is 5.32 Å². The number of fused-ring (bicyclic) bond motifs is 1. The minimum absolute atomic E-state index is 0.0510. The van der Waals surface area contributed by atoms with Crippen molar-refractivity contribution in [1.29, 1.82) is 0 Å². The first-order chi connectivity index (χ1) is 9.59. The molecule has 6 heteroatoms. The number of nitrogens with two attached hydrogens (primary N) is 1. The third-order valence-electron chi connectivity index (χ3n) is 4.17. The van der Waals surface area contributed by atoms with E-state index in [1.807, 2.05) is 0 Å². The summed E-state index contributed by atoms with van der Waals surface area (Å²) in [4.78, 5) is 12.1. The van der Waals surface area contributed by atoms with E-state index in [9.17, 15) is 9.18 Å². The lowest BCUT2D eigenvalue weighted by Crippen LogP contribution is -2.72. The zero-order valence-corrected chi connectivity index (χ0v) is 11.6. The van der Waals surface area contributed by atoms with Gasteiger partial charge >= 0.3 is 0 Å². The van der Waals surface area contributed by atoms with Crippen molar-refractivity contribution in [1.82, 2.24) is 5.32 Å². The van der Waals surface area contributed by atoms with Crippen LogP contribution in [-0.2, 0) is 4.74 Å². The fourth-order valence-corrected chi connectivity index (χ4v) is 3.21. The number of amides is 1. The number of nitrogens with one attached hydrogen (secondary N) is 1. The Bertz CT molecular complexity index is 540. The smallest absolute Gasteiger partial charge is 0.254 e. The van der Waals surface area contributed by atoms with Crippen LogP contribution in [0, 0.1) is 11.7 Å². The van der Waals surface area contributed by atoms with Gasteiger partial charge in [0.15, 0.2) is 5.82 Å². The zero-order valence-electron chi connectivity index (χ0n) is 10.8. The summed E-state index contributed by atoms with van der Waals surface area (Å²) in [6.07, 6.45) is 1.97. The molecule has 1 saturated carbocycles. The van der Waals surface area contributed by atoms with Crippen LogP contribution in [0.5, 0.6) is 0 Å². The summed E-state index contributed by atoms with van der Waals surface area (Å²) < 4.78 is 19.4. The fraction of sp³-hybridized carbons (Fsp3) is 0.500. The van der Waals surface area contributed by atoms with Gasteiger partial charge in [0.2, 0.25) is 0 Å². The van der Waals surface area contributed by atoms with Crippen LogP contribution in [-0.4, -0.2) is 30.7 Å². The van der Waals surface area contributed by atoms with E-state index in [4.69, 9.17) is 22.1 Å². The van der Waals surface area contributed by atoms with Crippen molar-refractivity contribution >= 4 is 17.5 Å². The number of halogens is 2. The van der Waals surface area contributed by atoms with Crippen molar-refractivity contribution in [2.24, 2.45) is 11.7 Å². The van der Waals surface area contributed by atoms with Crippen LogP contribution >= 0.6 is 11.6 Å². The molecule has 2 fully saturated rings. The van der Waals surface area contributed by atoms with Crippen LogP contribution in [0.2, 0.25) is 5.02 Å². The Morgan fingerprint density at radius 3 is 3.10 bits per heavy atom. The number of carbonyl (C=O) groups excluding carboxylic acids is 1. The van der Waals surface area contributed by atoms with Crippen LogP contribution in [0.25, 0.3) is 0 Å². The van der Waals surface area contributed by atoms with Gasteiger partial charge < -0.3 is 15.8 Å². The normalized spacial score (nSPS) is 32.1. The Balaban J connectivity index is 1.72. The molecule has 3 rings (SSSR count). The number of carbonyl (C=O) groups is 1. The first-order valence-corrected chi connectivity index (χ1v) is 7.09. The number of benzene rings is 1. The van der Waals surface area contributed by atoms with Gasteiger partial charge in [0.1, 0.15) is 0 Å². The van der Waals surface area contributed by atoms with E-state index >= 15 is 0 Å². The predicted octanol–water partition coefficient (Wildman–Crippen LogP) is 1.71. The van der Waals surface area contributed by atoms with E-state index < -0.39 is 11.7 Å². The molecule has 1 heterocycles. The van der Waals surface area contributed by atoms with Gasteiger partial charge in [-0.2, -0.15) is 0 Å². The first kappa shape index (κ1) is 13.8. The second-order valence-corrected chi connectivity index (χ2v) is 5.73. The van der Waals surface area contributed by atoms with Crippen LogP contribution in [0.1, 0.15) is 23.2 Å². The van der Waals surface area contributed by atoms with Crippen molar-refractivity contribution < 1.29 is 13.9 Å². The van der Waals surface area contributed by atoms with Crippen LogP contribution in [0.3, 0.4) is 0 Å². The van der Waals surface area contributed by atoms with Crippen molar-refractivity contribution in [2.75, 3.05) is 6.61 Å². The molecular weight excluding hydrogens is 283 g/mol. The third-order valence-corrected chi connectivity index (χ3v) is 4.46. The topological polar surface area (TPSA) is 64.3 Å². The summed E-state index contributed by atoms with van der Waals surface area (Å²) in [5.74, 6) is -0.919. The SMILES string of the molecule is NC1C2CCCOC2C1NC(=O)c1cccc(Cl)c1F. The average molecular weight is 299 g/mol. The maximum Gasteiger partial charge on any atom is 0.254 e. The molecule has 4 unspecified atom stereocenters. The van der Waals surface area contributed by atoms with E-state index in [-0.39, 0.29) is 28.8 Å².